The number of amides is 1. The third kappa shape index (κ3) is 5.88. The molecule has 2 rings (SSSR count). The molecule has 1 aliphatic heterocycles. The summed E-state index contributed by atoms with van der Waals surface area (Å²) in [6, 6.07) is 0. The van der Waals surface area contributed by atoms with Gasteiger partial charge in [0, 0.05) is 12.0 Å². The van der Waals surface area contributed by atoms with Gasteiger partial charge in [0.15, 0.2) is 0 Å². The number of nitrogens with one attached hydrogen (secondary N) is 2. The minimum absolute atomic E-state index is 0.100. The van der Waals surface area contributed by atoms with Crippen molar-refractivity contribution >= 4 is 22.1 Å². The highest BCUT2D eigenvalue weighted by Gasteiger charge is 2.37. The summed E-state index contributed by atoms with van der Waals surface area (Å²) in [5, 5.41) is 11.4. The summed E-state index contributed by atoms with van der Waals surface area (Å²) in [5.74, 6) is 0.400. The molecule has 1 amide bonds. The molecule has 0 spiro atoms. The van der Waals surface area contributed by atoms with Gasteiger partial charge in [-0.3, -0.25) is 5.32 Å². The maximum atomic E-state index is 13.3. The molecule has 0 aromatic heterocycles. The van der Waals surface area contributed by atoms with Gasteiger partial charge in [-0.15, -0.1) is 0 Å². The average molecular weight is 456 g/mol. The number of carbonyl (C=O) groups is 1. The van der Waals surface area contributed by atoms with Crippen LogP contribution in [0.15, 0.2) is 9.89 Å². The lowest BCUT2D eigenvalue weighted by Crippen LogP contribution is -2.46. The number of fused-ring (bicyclic) bond motifs is 1. The van der Waals surface area contributed by atoms with Crippen LogP contribution in [0.25, 0.3) is 0 Å². The number of nitrogens with zero attached hydrogens (tertiary/aromatic N) is 1. The molecule has 0 saturated heterocycles. The van der Waals surface area contributed by atoms with Crippen molar-refractivity contribution in [3.63, 3.8) is 0 Å². The zero-order valence-electron chi connectivity index (χ0n) is 19.5. The highest BCUT2D eigenvalue weighted by Crippen LogP contribution is 2.43. The van der Waals surface area contributed by atoms with Gasteiger partial charge in [-0.25, -0.2) is 22.9 Å². The van der Waals surface area contributed by atoms with Crippen molar-refractivity contribution < 1.29 is 27.8 Å². The predicted octanol–water partition coefficient (Wildman–Crippen LogP) is 2.48. The van der Waals surface area contributed by atoms with Crippen molar-refractivity contribution in [2.75, 3.05) is 13.2 Å². The zero-order chi connectivity index (χ0) is 23.8. The van der Waals surface area contributed by atoms with Gasteiger partial charge >= 0.3 is 6.09 Å². The van der Waals surface area contributed by atoms with E-state index in [1.165, 1.54) is 0 Å². The molecule has 31 heavy (non-hydrogen) atoms. The van der Waals surface area contributed by atoms with Crippen molar-refractivity contribution in [3.05, 3.63) is 22.3 Å². The first-order chi connectivity index (χ1) is 14.1. The number of aliphatic imine (C=N–C) groups is 1. The normalized spacial score (nSPS) is 15.8. The van der Waals surface area contributed by atoms with E-state index in [1.54, 1.807) is 34.6 Å². The van der Waals surface area contributed by atoms with Gasteiger partial charge in [0.05, 0.1) is 18.0 Å². The Balaban J connectivity index is 2.44. The Morgan fingerprint density at radius 1 is 1.19 bits per heavy atom. The monoisotopic (exact) mass is 455 g/mol. The topological polar surface area (TPSA) is 126 Å². The van der Waals surface area contributed by atoms with E-state index in [4.69, 9.17) is 14.6 Å². The van der Waals surface area contributed by atoms with Crippen LogP contribution < -0.4 is 14.8 Å². The maximum Gasteiger partial charge on any atom is 0.414 e. The molecular formula is C21H33N3O6S. The van der Waals surface area contributed by atoms with Gasteiger partial charge in [0.2, 0.25) is 5.96 Å². The van der Waals surface area contributed by atoms with E-state index in [9.17, 15) is 13.2 Å². The highest BCUT2D eigenvalue weighted by atomic mass is 32.2. The number of sulfonamides is 1. The lowest BCUT2D eigenvalue weighted by Gasteiger charge is -2.21. The molecule has 0 fully saturated rings. The average Bonchev–Trinajstić information content (AvgIpc) is 2.91. The summed E-state index contributed by atoms with van der Waals surface area (Å²) in [4.78, 5) is 16.2. The highest BCUT2D eigenvalue weighted by molar-refractivity contribution is 7.90. The van der Waals surface area contributed by atoms with Crippen LogP contribution in [-0.2, 0) is 21.2 Å². The van der Waals surface area contributed by atoms with E-state index in [0.29, 0.717) is 17.5 Å². The smallest absolute Gasteiger partial charge is 0.414 e. The lowest BCUT2D eigenvalue weighted by molar-refractivity contribution is 0.0562. The van der Waals surface area contributed by atoms with E-state index < -0.39 is 27.3 Å². The van der Waals surface area contributed by atoms with Crippen LogP contribution in [-0.4, -0.2) is 49.9 Å². The summed E-state index contributed by atoms with van der Waals surface area (Å²) in [5.41, 5.74) is 1.55. The first-order valence-corrected chi connectivity index (χ1v) is 11.6. The van der Waals surface area contributed by atoms with E-state index in [-0.39, 0.29) is 24.0 Å². The van der Waals surface area contributed by atoms with Crippen molar-refractivity contribution in [2.24, 2.45) is 4.99 Å². The maximum absolute atomic E-state index is 13.3. The fraction of sp³-hybridized carbons (Fsp3) is 0.619. The number of alkyl carbamates (subject to hydrolysis) is 1. The zero-order valence-corrected chi connectivity index (χ0v) is 20.3. The summed E-state index contributed by atoms with van der Waals surface area (Å²) < 4.78 is 40.2. The fourth-order valence-corrected chi connectivity index (χ4v) is 5.04. The van der Waals surface area contributed by atoms with Gasteiger partial charge in [0.25, 0.3) is 10.0 Å². The quantitative estimate of drug-likeness (QED) is 0.473. The molecule has 0 unspecified atom stereocenters. The molecule has 1 aliphatic rings. The molecule has 3 N–H and O–H groups in total. The second kappa shape index (κ2) is 8.66. The van der Waals surface area contributed by atoms with Crippen molar-refractivity contribution in [1.29, 1.82) is 0 Å². The van der Waals surface area contributed by atoms with Crippen LogP contribution in [0.5, 0.6) is 5.75 Å². The summed E-state index contributed by atoms with van der Waals surface area (Å²) in [6.45, 7) is 13.8. The van der Waals surface area contributed by atoms with Crippen molar-refractivity contribution in [3.8, 4) is 5.75 Å². The molecule has 0 saturated carbocycles. The SMILES string of the molecule is Cc1c(C)c(S(=O)(=O)NC(=NCCO)NC(=O)OC(C)(C)C)c(C)c2c1OC(C)(C)C2. The number of guanidine groups is 1. The number of rotatable bonds is 4. The number of aliphatic hydroxyl groups excluding tert-OH is 1. The fourth-order valence-electron chi connectivity index (χ4n) is 3.49. The largest absolute Gasteiger partial charge is 0.487 e. The summed E-state index contributed by atoms with van der Waals surface area (Å²) in [6.07, 6.45) is -0.278. The van der Waals surface area contributed by atoms with Crippen LogP contribution in [0.4, 0.5) is 4.79 Å². The van der Waals surface area contributed by atoms with Crippen LogP contribution in [0.2, 0.25) is 0 Å². The predicted molar refractivity (Wildman–Crippen MR) is 118 cm³/mol. The summed E-state index contributed by atoms with van der Waals surface area (Å²) >= 11 is 0. The number of carbonyl (C=O) groups excluding carboxylic acids is 1. The van der Waals surface area contributed by atoms with E-state index in [0.717, 1.165) is 16.9 Å². The number of benzene rings is 1. The van der Waals surface area contributed by atoms with Gasteiger partial charge in [-0.1, -0.05) is 0 Å². The molecule has 1 heterocycles. The summed E-state index contributed by atoms with van der Waals surface area (Å²) in [7, 11) is -4.11. The van der Waals surface area contributed by atoms with Crippen LogP contribution in [0.3, 0.4) is 0 Å². The van der Waals surface area contributed by atoms with Gasteiger partial charge < -0.3 is 14.6 Å². The van der Waals surface area contributed by atoms with E-state index in [2.05, 4.69) is 15.0 Å². The van der Waals surface area contributed by atoms with Crippen LogP contribution >= 0.6 is 0 Å². The number of ether oxygens (including phenoxy) is 2. The second-order valence-corrected chi connectivity index (χ2v) is 10.9. The van der Waals surface area contributed by atoms with Crippen molar-refractivity contribution in [2.45, 2.75) is 77.9 Å². The Bertz CT molecular complexity index is 1010. The Morgan fingerprint density at radius 2 is 1.81 bits per heavy atom. The molecule has 1 aromatic carbocycles. The molecule has 174 valence electrons. The molecule has 10 heteroatoms. The number of aliphatic hydroxyl groups is 1. The van der Waals surface area contributed by atoms with E-state index >= 15 is 0 Å². The Morgan fingerprint density at radius 3 is 2.35 bits per heavy atom. The Labute approximate surface area is 184 Å². The third-order valence-electron chi connectivity index (χ3n) is 4.78. The first-order valence-electron chi connectivity index (χ1n) is 10.1. The minimum atomic E-state index is -4.11. The molecule has 1 aromatic rings. The Kier molecular flexibility index (Phi) is 6.97. The van der Waals surface area contributed by atoms with Crippen molar-refractivity contribution in [1.82, 2.24) is 10.0 Å². The van der Waals surface area contributed by atoms with Crippen LogP contribution in [0.1, 0.15) is 56.9 Å². The number of hydrogen-bond donors (Lipinski definition) is 3. The minimum Gasteiger partial charge on any atom is -0.487 e. The molecule has 9 nitrogen and oxygen atoms in total. The molecule has 0 atom stereocenters. The third-order valence-corrected chi connectivity index (χ3v) is 6.39. The van der Waals surface area contributed by atoms with Gasteiger partial charge in [-0.05, 0) is 72.1 Å². The second-order valence-electron chi connectivity index (χ2n) is 9.24. The van der Waals surface area contributed by atoms with Gasteiger partial charge in [-0.2, -0.15) is 0 Å². The first kappa shape index (κ1) is 24.9. The molecule has 0 radical (unpaired) electrons. The Hall–Kier alpha value is -2.33. The lowest BCUT2D eigenvalue weighted by atomic mass is 9.94. The molecule has 0 bridgehead atoms. The standard InChI is InChI=1S/C21H33N3O6S/c1-12-13(2)17(14(3)15-11-21(7,8)29-16(12)15)31(27,28)24-18(22-9-10-25)23-19(26)30-20(4,5)6/h25H,9-11H2,1-8H3,(H2,22,23,24,26). The molecule has 0 aliphatic carbocycles. The van der Waals surface area contributed by atoms with Gasteiger partial charge in [0.1, 0.15) is 17.0 Å². The number of hydrogen-bond acceptors (Lipinski definition) is 7. The molecular weight excluding hydrogens is 422 g/mol. The van der Waals surface area contributed by atoms with E-state index in [1.807, 2.05) is 20.8 Å². The van der Waals surface area contributed by atoms with Crippen LogP contribution in [0, 0.1) is 20.8 Å².